The number of amides is 1. The van der Waals surface area contributed by atoms with Crippen molar-refractivity contribution < 1.29 is 4.79 Å². The van der Waals surface area contributed by atoms with E-state index >= 15 is 0 Å². The number of carbonyl (C=O) groups excluding carboxylic acids is 1. The Labute approximate surface area is 197 Å². The number of thioether (sulfide) groups is 1. The van der Waals surface area contributed by atoms with Crippen molar-refractivity contribution in [2.75, 3.05) is 11.1 Å². The van der Waals surface area contributed by atoms with E-state index in [2.05, 4.69) is 38.3 Å². The molecule has 0 bridgehead atoms. The van der Waals surface area contributed by atoms with E-state index in [9.17, 15) is 10.1 Å². The molecule has 1 aliphatic rings. The highest BCUT2D eigenvalue weighted by Gasteiger charge is 2.24. The SMILES string of the molecule is Cc1sc(NC(=O)CSc2nnc(Cc3ccccc3)n2C2CCCCC2)c(C#N)c1C. The summed E-state index contributed by atoms with van der Waals surface area (Å²) in [5, 5.41) is 22.7. The number of hydrogen-bond donors (Lipinski definition) is 1. The summed E-state index contributed by atoms with van der Waals surface area (Å²) >= 11 is 2.87. The maximum absolute atomic E-state index is 12.7. The third kappa shape index (κ3) is 5.05. The second-order valence-corrected chi connectivity index (χ2v) is 10.3. The van der Waals surface area contributed by atoms with Crippen LogP contribution in [0.5, 0.6) is 0 Å². The van der Waals surface area contributed by atoms with Gasteiger partial charge in [0.1, 0.15) is 16.9 Å². The van der Waals surface area contributed by atoms with Crippen LogP contribution in [0.25, 0.3) is 0 Å². The number of rotatable bonds is 7. The Morgan fingerprint density at radius 2 is 1.97 bits per heavy atom. The lowest BCUT2D eigenvalue weighted by molar-refractivity contribution is -0.113. The summed E-state index contributed by atoms with van der Waals surface area (Å²) in [6.07, 6.45) is 6.69. The van der Waals surface area contributed by atoms with Crippen LogP contribution in [-0.4, -0.2) is 26.4 Å². The summed E-state index contributed by atoms with van der Waals surface area (Å²) in [6, 6.07) is 12.9. The van der Waals surface area contributed by atoms with E-state index in [1.54, 1.807) is 0 Å². The van der Waals surface area contributed by atoms with Gasteiger partial charge in [-0.1, -0.05) is 61.4 Å². The van der Waals surface area contributed by atoms with Gasteiger partial charge in [-0.15, -0.1) is 21.5 Å². The zero-order chi connectivity index (χ0) is 22.5. The van der Waals surface area contributed by atoms with Crippen molar-refractivity contribution in [3.05, 3.63) is 57.7 Å². The average molecular weight is 466 g/mol. The van der Waals surface area contributed by atoms with Crippen LogP contribution >= 0.6 is 23.1 Å². The van der Waals surface area contributed by atoms with Crippen LogP contribution in [-0.2, 0) is 11.2 Å². The van der Waals surface area contributed by atoms with Crippen molar-refractivity contribution in [3.8, 4) is 6.07 Å². The molecule has 4 rings (SSSR count). The number of nitrogens with zero attached hydrogens (tertiary/aromatic N) is 4. The van der Waals surface area contributed by atoms with Crippen LogP contribution in [0.15, 0.2) is 35.5 Å². The third-order valence-corrected chi connectivity index (χ3v) is 8.03. The van der Waals surface area contributed by atoms with Gasteiger partial charge in [0, 0.05) is 17.3 Å². The Morgan fingerprint density at radius 3 is 2.69 bits per heavy atom. The third-order valence-electron chi connectivity index (χ3n) is 5.96. The standard InChI is InChI=1S/C24H27N5OS2/c1-16-17(2)32-23(20(16)14-25)26-22(30)15-31-24-28-27-21(13-18-9-5-3-6-10-18)29(24)19-11-7-4-8-12-19/h3,5-6,9-10,19H,4,7-8,11-13,15H2,1-2H3,(H,26,30). The Kier molecular flexibility index (Phi) is 7.28. The predicted octanol–water partition coefficient (Wildman–Crippen LogP) is 5.65. The van der Waals surface area contributed by atoms with E-state index in [4.69, 9.17) is 0 Å². The maximum Gasteiger partial charge on any atom is 0.235 e. The van der Waals surface area contributed by atoms with Gasteiger partial charge >= 0.3 is 0 Å². The number of nitrogens with one attached hydrogen (secondary N) is 1. The lowest BCUT2D eigenvalue weighted by Gasteiger charge is -2.25. The number of carbonyl (C=O) groups is 1. The second kappa shape index (κ2) is 10.3. The number of hydrogen-bond acceptors (Lipinski definition) is 6. The fraction of sp³-hybridized carbons (Fsp3) is 0.417. The molecular weight excluding hydrogens is 438 g/mol. The van der Waals surface area contributed by atoms with Crippen molar-refractivity contribution in [2.24, 2.45) is 0 Å². The number of anilines is 1. The Hall–Kier alpha value is -2.63. The summed E-state index contributed by atoms with van der Waals surface area (Å²) < 4.78 is 2.27. The summed E-state index contributed by atoms with van der Waals surface area (Å²) in [4.78, 5) is 13.7. The molecule has 166 valence electrons. The molecule has 0 spiro atoms. The molecule has 0 unspecified atom stereocenters. The first-order valence-corrected chi connectivity index (χ1v) is 12.8. The zero-order valence-corrected chi connectivity index (χ0v) is 20.1. The molecule has 0 radical (unpaired) electrons. The van der Waals surface area contributed by atoms with Crippen molar-refractivity contribution in [1.82, 2.24) is 14.8 Å². The Morgan fingerprint density at radius 1 is 1.22 bits per heavy atom. The lowest BCUT2D eigenvalue weighted by Crippen LogP contribution is -2.18. The molecule has 6 nitrogen and oxygen atoms in total. The number of nitriles is 1. The normalized spacial score (nSPS) is 14.3. The van der Waals surface area contributed by atoms with Crippen LogP contribution in [0, 0.1) is 25.2 Å². The van der Waals surface area contributed by atoms with E-state index in [1.165, 1.54) is 47.9 Å². The zero-order valence-electron chi connectivity index (χ0n) is 18.4. The largest absolute Gasteiger partial charge is 0.316 e. The number of aromatic nitrogens is 3. The first kappa shape index (κ1) is 22.6. The smallest absolute Gasteiger partial charge is 0.235 e. The summed E-state index contributed by atoms with van der Waals surface area (Å²) in [6.45, 7) is 3.88. The predicted molar refractivity (Wildman–Crippen MR) is 129 cm³/mol. The molecule has 32 heavy (non-hydrogen) atoms. The van der Waals surface area contributed by atoms with Crippen molar-refractivity contribution in [3.63, 3.8) is 0 Å². The minimum Gasteiger partial charge on any atom is -0.316 e. The number of aryl methyl sites for hydroxylation is 1. The molecule has 1 saturated carbocycles. The molecular formula is C24H27N5OS2. The van der Waals surface area contributed by atoms with Gasteiger partial charge in [0.2, 0.25) is 5.91 Å². The van der Waals surface area contributed by atoms with Gasteiger partial charge in [-0.05, 0) is 37.8 Å². The highest BCUT2D eigenvalue weighted by molar-refractivity contribution is 7.99. The monoisotopic (exact) mass is 465 g/mol. The van der Waals surface area contributed by atoms with Crippen LogP contribution in [0.3, 0.4) is 0 Å². The van der Waals surface area contributed by atoms with Gasteiger partial charge in [0.25, 0.3) is 0 Å². The van der Waals surface area contributed by atoms with E-state index < -0.39 is 0 Å². The van der Waals surface area contributed by atoms with E-state index in [0.717, 1.165) is 40.7 Å². The highest BCUT2D eigenvalue weighted by Crippen LogP contribution is 2.34. The van der Waals surface area contributed by atoms with Crippen LogP contribution in [0.1, 0.15) is 65.5 Å². The molecule has 2 aromatic heterocycles. The fourth-order valence-corrected chi connectivity index (χ4v) is 6.00. The van der Waals surface area contributed by atoms with Gasteiger partial charge in [-0.25, -0.2) is 0 Å². The molecule has 3 aromatic rings. The molecule has 1 aliphatic carbocycles. The van der Waals surface area contributed by atoms with Crippen molar-refractivity contribution in [2.45, 2.75) is 63.6 Å². The first-order valence-electron chi connectivity index (χ1n) is 11.0. The highest BCUT2D eigenvalue weighted by atomic mass is 32.2. The van der Waals surface area contributed by atoms with Gasteiger partial charge in [0.15, 0.2) is 5.16 Å². The molecule has 1 amide bonds. The van der Waals surface area contributed by atoms with E-state index in [1.807, 2.05) is 32.0 Å². The van der Waals surface area contributed by atoms with E-state index in [0.29, 0.717) is 16.6 Å². The molecule has 8 heteroatoms. The minimum atomic E-state index is -0.129. The van der Waals surface area contributed by atoms with Gasteiger partial charge < -0.3 is 9.88 Å². The quantitative estimate of drug-likeness (QED) is 0.456. The van der Waals surface area contributed by atoms with Gasteiger partial charge in [-0.2, -0.15) is 5.26 Å². The van der Waals surface area contributed by atoms with Crippen LogP contribution in [0.4, 0.5) is 5.00 Å². The molecule has 1 aromatic carbocycles. The average Bonchev–Trinajstić information content (AvgIpc) is 3.33. The molecule has 0 aliphatic heterocycles. The molecule has 1 N–H and O–H groups in total. The van der Waals surface area contributed by atoms with Gasteiger partial charge in [0.05, 0.1) is 11.3 Å². The Balaban J connectivity index is 1.50. The molecule has 1 fully saturated rings. The maximum atomic E-state index is 12.7. The van der Waals surface area contributed by atoms with Crippen molar-refractivity contribution in [1.29, 1.82) is 5.26 Å². The molecule has 0 atom stereocenters. The second-order valence-electron chi connectivity index (χ2n) is 8.16. The minimum absolute atomic E-state index is 0.129. The summed E-state index contributed by atoms with van der Waals surface area (Å²) in [7, 11) is 0. The number of thiophene rings is 1. The van der Waals surface area contributed by atoms with Crippen LogP contribution in [0.2, 0.25) is 0 Å². The number of benzene rings is 1. The Bertz CT molecular complexity index is 1120. The van der Waals surface area contributed by atoms with Crippen molar-refractivity contribution >= 4 is 34.0 Å². The van der Waals surface area contributed by atoms with Crippen LogP contribution < -0.4 is 5.32 Å². The topological polar surface area (TPSA) is 83.6 Å². The molecule has 2 heterocycles. The van der Waals surface area contributed by atoms with Gasteiger partial charge in [-0.3, -0.25) is 4.79 Å². The summed E-state index contributed by atoms with van der Waals surface area (Å²) in [5.41, 5.74) is 2.70. The van der Waals surface area contributed by atoms with E-state index in [-0.39, 0.29) is 11.7 Å². The fourth-order valence-electron chi connectivity index (χ4n) is 4.15. The summed E-state index contributed by atoms with van der Waals surface area (Å²) in [5.74, 6) is 1.06. The first-order chi connectivity index (χ1) is 15.6. The molecule has 0 saturated heterocycles. The lowest BCUT2D eigenvalue weighted by atomic mass is 9.95.